The topological polar surface area (TPSA) is 78.4 Å². The number of hydrogen-bond acceptors (Lipinski definition) is 7. The van der Waals surface area contributed by atoms with Crippen molar-refractivity contribution in [2.75, 3.05) is 26.6 Å². The highest BCUT2D eigenvalue weighted by Gasteiger charge is 2.14. The number of anilines is 2. The Hall–Kier alpha value is -3.06. The Kier molecular flexibility index (Phi) is 5.38. The molecule has 7 nitrogen and oxygen atoms in total. The zero-order chi connectivity index (χ0) is 18.5. The Bertz CT molecular complexity index is 878. The van der Waals surface area contributed by atoms with E-state index in [4.69, 9.17) is 25.8 Å². The molecule has 0 aliphatic carbocycles. The van der Waals surface area contributed by atoms with E-state index in [1.54, 1.807) is 45.6 Å². The van der Waals surface area contributed by atoms with Crippen LogP contribution in [0.25, 0.3) is 11.4 Å². The highest BCUT2D eigenvalue weighted by atomic mass is 35.5. The molecule has 134 valence electrons. The van der Waals surface area contributed by atoms with Gasteiger partial charge in [0.2, 0.25) is 11.7 Å². The predicted octanol–water partition coefficient (Wildman–Crippen LogP) is 3.96. The van der Waals surface area contributed by atoms with E-state index in [1.807, 2.05) is 12.1 Å². The molecular weight excluding hydrogens is 356 g/mol. The fraction of sp³-hybridized carbons (Fsp3) is 0.167. The minimum Gasteiger partial charge on any atom is -0.493 e. The van der Waals surface area contributed by atoms with Gasteiger partial charge in [-0.3, -0.25) is 0 Å². The maximum absolute atomic E-state index is 5.92. The van der Waals surface area contributed by atoms with Gasteiger partial charge in [0.1, 0.15) is 6.33 Å². The molecule has 0 bridgehead atoms. The number of aromatic nitrogens is 3. The Labute approximate surface area is 155 Å². The number of rotatable bonds is 6. The SMILES string of the molecule is COc1cc(Nc2ncnc(-c3ccc(Cl)cc3)n2)cc(OC)c1OC. The van der Waals surface area contributed by atoms with Gasteiger partial charge in [-0.25, -0.2) is 9.97 Å². The number of hydrogen-bond donors (Lipinski definition) is 1. The van der Waals surface area contributed by atoms with Gasteiger partial charge in [0.25, 0.3) is 0 Å². The fourth-order valence-corrected chi connectivity index (χ4v) is 2.50. The summed E-state index contributed by atoms with van der Waals surface area (Å²) in [6.45, 7) is 0. The second kappa shape index (κ2) is 7.88. The van der Waals surface area contributed by atoms with Crippen molar-refractivity contribution in [2.24, 2.45) is 0 Å². The van der Waals surface area contributed by atoms with Crippen molar-refractivity contribution >= 4 is 23.2 Å². The summed E-state index contributed by atoms with van der Waals surface area (Å²) in [5.41, 5.74) is 1.53. The molecule has 2 aromatic carbocycles. The predicted molar refractivity (Wildman–Crippen MR) is 99.7 cm³/mol. The maximum Gasteiger partial charge on any atom is 0.230 e. The van der Waals surface area contributed by atoms with Crippen LogP contribution in [0.4, 0.5) is 11.6 Å². The van der Waals surface area contributed by atoms with Crippen molar-refractivity contribution in [1.29, 1.82) is 0 Å². The third-order valence-electron chi connectivity index (χ3n) is 3.60. The van der Waals surface area contributed by atoms with Gasteiger partial charge in [0, 0.05) is 28.4 Å². The lowest BCUT2D eigenvalue weighted by Crippen LogP contribution is -2.02. The molecule has 0 aliphatic rings. The minimum atomic E-state index is 0.388. The second-order valence-corrected chi connectivity index (χ2v) is 5.62. The minimum absolute atomic E-state index is 0.388. The lowest BCUT2D eigenvalue weighted by atomic mass is 10.2. The van der Waals surface area contributed by atoms with Gasteiger partial charge in [-0.15, -0.1) is 0 Å². The molecule has 3 rings (SSSR count). The molecule has 0 unspecified atom stereocenters. The average Bonchev–Trinajstić information content (AvgIpc) is 2.68. The van der Waals surface area contributed by atoms with Gasteiger partial charge in [0.15, 0.2) is 17.3 Å². The van der Waals surface area contributed by atoms with E-state index in [2.05, 4.69) is 20.3 Å². The first-order chi connectivity index (χ1) is 12.6. The van der Waals surface area contributed by atoms with Crippen LogP contribution in [0.2, 0.25) is 5.02 Å². The number of nitrogens with zero attached hydrogens (tertiary/aromatic N) is 3. The molecule has 0 radical (unpaired) electrons. The van der Waals surface area contributed by atoms with Gasteiger partial charge in [-0.1, -0.05) is 11.6 Å². The van der Waals surface area contributed by atoms with Crippen LogP contribution in [0, 0.1) is 0 Å². The summed E-state index contributed by atoms with van der Waals surface area (Å²) in [6.07, 6.45) is 1.44. The molecule has 0 fully saturated rings. The summed E-state index contributed by atoms with van der Waals surface area (Å²) in [6, 6.07) is 10.8. The molecule has 0 saturated heterocycles. The molecule has 0 spiro atoms. The molecule has 1 aromatic heterocycles. The molecule has 0 aliphatic heterocycles. The monoisotopic (exact) mass is 372 g/mol. The van der Waals surface area contributed by atoms with Crippen LogP contribution < -0.4 is 19.5 Å². The van der Waals surface area contributed by atoms with Gasteiger partial charge < -0.3 is 19.5 Å². The molecule has 1 heterocycles. The highest BCUT2D eigenvalue weighted by molar-refractivity contribution is 6.30. The van der Waals surface area contributed by atoms with Crippen LogP contribution in [0.3, 0.4) is 0 Å². The molecule has 0 atom stereocenters. The Balaban J connectivity index is 1.92. The summed E-state index contributed by atoms with van der Waals surface area (Å²) in [5, 5.41) is 3.77. The molecule has 26 heavy (non-hydrogen) atoms. The molecule has 0 amide bonds. The summed E-state index contributed by atoms with van der Waals surface area (Å²) < 4.78 is 16.0. The summed E-state index contributed by atoms with van der Waals surface area (Å²) in [7, 11) is 4.67. The zero-order valence-electron chi connectivity index (χ0n) is 14.5. The van der Waals surface area contributed by atoms with E-state index in [0.29, 0.717) is 39.7 Å². The molecule has 1 N–H and O–H groups in total. The lowest BCUT2D eigenvalue weighted by molar-refractivity contribution is 0.324. The van der Waals surface area contributed by atoms with E-state index < -0.39 is 0 Å². The fourth-order valence-electron chi connectivity index (χ4n) is 2.38. The van der Waals surface area contributed by atoms with E-state index >= 15 is 0 Å². The van der Waals surface area contributed by atoms with Gasteiger partial charge >= 0.3 is 0 Å². The van der Waals surface area contributed by atoms with Crippen molar-refractivity contribution < 1.29 is 14.2 Å². The van der Waals surface area contributed by atoms with Crippen molar-refractivity contribution in [1.82, 2.24) is 15.0 Å². The van der Waals surface area contributed by atoms with E-state index in [-0.39, 0.29) is 0 Å². The number of ether oxygens (including phenoxy) is 3. The summed E-state index contributed by atoms with van der Waals surface area (Å²) in [4.78, 5) is 12.8. The van der Waals surface area contributed by atoms with Crippen LogP contribution in [-0.4, -0.2) is 36.3 Å². The van der Waals surface area contributed by atoms with Crippen LogP contribution >= 0.6 is 11.6 Å². The summed E-state index contributed by atoms with van der Waals surface area (Å²) >= 11 is 5.92. The van der Waals surface area contributed by atoms with Gasteiger partial charge in [-0.2, -0.15) is 4.98 Å². The van der Waals surface area contributed by atoms with Crippen LogP contribution in [0.5, 0.6) is 17.2 Å². The van der Waals surface area contributed by atoms with E-state index in [1.165, 1.54) is 6.33 Å². The van der Waals surface area contributed by atoms with Crippen molar-refractivity contribution in [3.63, 3.8) is 0 Å². The standard InChI is InChI=1S/C18H17ClN4O3/c1-24-14-8-13(9-15(25-2)16(14)26-3)22-18-21-10-20-17(23-18)11-4-6-12(19)7-5-11/h4-10H,1-3H3,(H,20,21,22,23). The highest BCUT2D eigenvalue weighted by Crippen LogP contribution is 2.40. The van der Waals surface area contributed by atoms with Crippen LogP contribution in [-0.2, 0) is 0 Å². The zero-order valence-corrected chi connectivity index (χ0v) is 15.2. The summed E-state index contributed by atoms with van der Waals surface area (Å²) in [5.74, 6) is 2.49. The number of nitrogens with one attached hydrogen (secondary N) is 1. The quantitative estimate of drug-likeness (QED) is 0.701. The van der Waals surface area contributed by atoms with E-state index in [9.17, 15) is 0 Å². The van der Waals surface area contributed by atoms with Crippen molar-refractivity contribution in [3.8, 4) is 28.6 Å². The van der Waals surface area contributed by atoms with Crippen LogP contribution in [0.1, 0.15) is 0 Å². The Morgan fingerprint density at radius 3 is 2.12 bits per heavy atom. The largest absolute Gasteiger partial charge is 0.493 e. The molecular formula is C18H17ClN4O3. The maximum atomic E-state index is 5.92. The number of benzene rings is 2. The smallest absolute Gasteiger partial charge is 0.230 e. The number of methoxy groups -OCH3 is 3. The normalized spacial score (nSPS) is 10.3. The third kappa shape index (κ3) is 3.78. The van der Waals surface area contributed by atoms with Gasteiger partial charge in [0.05, 0.1) is 21.3 Å². The average molecular weight is 373 g/mol. The van der Waals surface area contributed by atoms with Gasteiger partial charge in [-0.05, 0) is 24.3 Å². The number of halogens is 1. The Morgan fingerprint density at radius 1 is 0.885 bits per heavy atom. The second-order valence-electron chi connectivity index (χ2n) is 5.18. The van der Waals surface area contributed by atoms with Crippen LogP contribution in [0.15, 0.2) is 42.7 Å². The van der Waals surface area contributed by atoms with E-state index in [0.717, 1.165) is 5.56 Å². The lowest BCUT2D eigenvalue weighted by Gasteiger charge is -2.14. The first-order valence-electron chi connectivity index (χ1n) is 7.66. The first kappa shape index (κ1) is 17.8. The first-order valence-corrected chi connectivity index (χ1v) is 8.04. The third-order valence-corrected chi connectivity index (χ3v) is 3.85. The van der Waals surface area contributed by atoms with Crippen molar-refractivity contribution in [2.45, 2.75) is 0 Å². The molecule has 0 saturated carbocycles. The molecule has 8 heteroatoms. The van der Waals surface area contributed by atoms with Crippen molar-refractivity contribution in [3.05, 3.63) is 47.7 Å². The molecule has 3 aromatic rings. The Morgan fingerprint density at radius 2 is 1.54 bits per heavy atom.